The molecule has 5 rings (SSSR count). The van der Waals surface area contributed by atoms with Crippen LogP contribution in [-0.4, -0.2) is 58.2 Å². The molecule has 1 aliphatic rings. The van der Waals surface area contributed by atoms with Crippen molar-refractivity contribution >= 4 is 34.0 Å². The molecule has 4 aromatic rings. The van der Waals surface area contributed by atoms with Gasteiger partial charge in [0.1, 0.15) is 5.82 Å². The number of nitrogens with zero attached hydrogens (tertiary/aromatic N) is 5. The van der Waals surface area contributed by atoms with E-state index in [0.29, 0.717) is 11.4 Å². The van der Waals surface area contributed by atoms with Crippen LogP contribution in [0.1, 0.15) is 16.9 Å². The summed E-state index contributed by atoms with van der Waals surface area (Å²) in [4.78, 5) is 25.9. The zero-order chi connectivity index (χ0) is 23.7. The second kappa shape index (κ2) is 8.86. The molecule has 1 amide bonds. The molecule has 0 atom stereocenters. The first-order valence-electron chi connectivity index (χ1n) is 11.1. The molecule has 1 aliphatic heterocycles. The number of amides is 1. The summed E-state index contributed by atoms with van der Waals surface area (Å²) in [5, 5.41) is 14.1. The first kappa shape index (κ1) is 21.4. The zero-order valence-electron chi connectivity index (χ0n) is 19.2. The van der Waals surface area contributed by atoms with Crippen molar-refractivity contribution in [1.82, 2.24) is 25.1 Å². The van der Waals surface area contributed by atoms with Gasteiger partial charge in [0.2, 0.25) is 0 Å². The van der Waals surface area contributed by atoms with Crippen LogP contribution in [0.5, 0.6) is 0 Å². The van der Waals surface area contributed by atoms with Gasteiger partial charge in [-0.15, -0.1) is 0 Å². The lowest BCUT2D eigenvalue weighted by Gasteiger charge is -2.31. The van der Waals surface area contributed by atoms with E-state index in [1.54, 1.807) is 18.6 Å². The molecule has 9 heteroatoms. The lowest BCUT2D eigenvalue weighted by molar-refractivity contribution is 0.102. The van der Waals surface area contributed by atoms with Crippen molar-refractivity contribution in [3.63, 3.8) is 0 Å². The average Bonchev–Trinajstić information content (AvgIpc) is 3.23. The Morgan fingerprint density at radius 1 is 1.03 bits per heavy atom. The summed E-state index contributed by atoms with van der Waals surface area (Å²) in [6.45, 7) is 6.05. The maximum absolute atomic E-state index is 13.0. The van der Waals surface area contributed by atoms with Crippen molar-refractivity contribution in [2.45, 2.75) is 6.42 Å². The molecule has 3 N–H and O–H groups in total. The highest BCUT2D eigenvalue weighted by Gasteiger charge is 2.18. The lowest BCUT2D eigenvalue weighted by Crippen LogP contribution is -2.37. The van der Waals surface area contributed by atoms with Crippen molar-refractivity contribution in [3.05, 3.63) is 73.1 Å². The predicted molar refractivity (Wildman–Crippen MR) is 135 cm³/mol. The summed E-state index contributed by atoms with van der Waals surface area (Å²) in [5.41, 5.74) is 4.41. The molecule has 172 valence electrons. The van der Waals surface area contributed by atoms with Gasteiger partial charge in [-0.2, -0.15) is 5.10 Å². The van der Waals surface area contributed by atoms with Gasteiger partial charge in [0, 0.05) is 44.3 Å². The summed E-state index contributed by atoms with van der Waals surface area (Å²) >= 11 is 0. The van der Waals surface area contributed by atoms with Crippen LogP contribution in [0, 0.1) is 0 Å². The van der Waals surface area contributed by atoms with Crippen LogP contribution in [-0.2, 0) is 0 Å². The van der Waals surface area contributed by atoms with Crippen LogP contribution in [0.3, 0.4) is 0 Å². The SMILES string of the molecule is C=C(Nc1cncc(-c2ccc3[nH]nc(C(=O)Nc4ccc(N5CCC5)nc4)c3c2)c1)N(C)C. The molecule has 3 aromatic heterocycles. The van der Waals surface area contributed by atoms with Crippen LogP contribution in [0.25, 0.3) is 22.0 Å². The van der Waals surface area contributed by atoms with Gasteiger partial charge < -0.3 is 20.4 Å². The molecular formula is C25H26N8O. The minimum atomic E-state index is -0.294. The molecule has 0 aliphatic carbocycles. The van der Waals surface area contributed by atoms with Crippen molar-refractivity contribution in [2.75, 3.05) is 42.7 Å². The van der Waals surface area contributed by atoms with Gasteiger partial charge in [0.15, 0.2) is 5.69 Å². The zero-order valence-corrected chi connectivity index (χ0v) is 19.2. The number of pyridine rings is 2. The predicted octanol–water partition coefficient (Wildman–Crippen LogP) is 3.93. The molecule has 9 nitrogen and oxygen atoms in total. The molecule has 34 heavy (non-hydrogen) atoms. The molecule has 4 heterocycles. The second-order valence-corrected chi connectivity index (χ2v) is 8.46. The van der Waals surface area contributed by atoms with Crippen molar-refractivity contribution in [1.29, 1.82) is 0 Å². The first-order chi connectivity index (χ1) is 16.5. The monoisotopic (exact) mass is 454 g/mol. The number of carbonyl (C=O) groups is 1. The van der Waals surface area contributed by atoms with Gasteiger partial charge in [-0.3, -0.25) is 14.9 Å². The highest BCUT2D eigenvalue weighted by Crippen LogP contribution is 2.27. The average molecular weight is 455 g/mol. The number of rotatable bonds is 7. The Balaban J connectivity index is 1.38. The summed E-state index contributed by atoms with van der Waals surface area (Å²) in [5.74, 6) is 1.40. The Morgan fingerprint density at radius 2 is 1.88 bits per heavy atom. The molecule has 0 saturated carbocycles. The van der Waals surface area contributed by atoms with E-state index in [2.05, 4.69) is 42.3 Å². The summed E-state index contributed by atoms with van der Waals surface area (Å²) < 4.78 is 0. The van der Waals surface area contributed by atoms with Gasteiger partial charge in [-0.1, -0.05) is 12.6 Å². The minimum absolute atomic E-state index is 0.294. The molecular weight excluding hydrogens is 428 g/mol. The molecule has 0 radical (unpaired) electrons. The number of hydrogen-bond donors (Lipinski definition) is 3. The Bertz CT molecular complexity index is 1360. The molecule has 1 fully saturated rings. The molecule has 1 aromatic carbocycles. The maximum atomic E-state index is 13.0. The smallest absolute Gasteiger partial charge is 0.276 e. The van der Waals surface area contributed by atoms with E-state index in [-0.39, 0.29) is 5.91 Å². The standard InChI is InChI=1S/C25H26N8O/c1-16(32(2)3)28-20-11-18(13-26-14-20)17-5-7-22-21(12-17)24(31-30-22)25(34)29-19-6-8-23(27-15-19)33-9-4-10-33/h5-8,11-15,28H,1,4,9-10H2,2-3H3,(H,29,34)(H,30,31). The van der Waals surface area contributed by atoms with Crippen LogP contribution >= 0.6 is 0 Å². The van der Waals surface area contributed by atoms with E-state index in [4.69, 9.17) is 0 Å². The summed E-state index contributed by atoms with van der Waals surface area (Å²) in [7, 11) is 3.84. The van der Waals surface area contributed by atoms with E-state index < -0.39 is 0 Å². The third-order valence-electron chi connectivity index (χ3n) is 5.86. The van der Waals surface area contributed by atoms with Gasteiger partial charge >= 0.3 is 0 Å². The van der Waals surface area contributed by atoms with Gasteiger partial charge in [-0.25, -0.2) is 4.98 Å². The highest BCUT2D eigenvalue weighted by atomic mass is 16.1. The number of hydrogen-bond acceptors (Lipinski definition) is 7. The van der Waals surface area contributed by atoms with Crippen LogP contribution in [0.2, 0.25) is 0 Å². The summed E-state index contributed by atoms with van der Waals surface area (Å²) in [6.07, 6.45) is 6.40. The second-order valence-electron chi connectivity index (χ2n) is 8.46. The van der Waals surface area contributed by atoms with E-state index in [1.165, 1.54) is 6.42 Å². The number of anilines is 3. The fourth-order valence-electron chi connectivity index (χ4n) is 3.69. The highest BCUT2D eigenvalue weighted by molar-refractivity contribution is 6.11. The molecule has 0 unspecified atom stereocenters. The fourth-order valence-corrected chi connectivity index (χ4v) is 3.69. The number of aromatic nitrogens is 4. The molecule has 0 spiro atoms. The van der Waals surface area contributed by atoms with Crippen molar-refractivity contribution < 1.29 is 4.79 Å². The van der Waals surface area contributed by atoms with Gasteiger partial charge in [0.05, 0.1) is 35.1 Å². The van der Waals surface area contributed by atoms with E-state index in [0.717, 1.165) is 52.4 Å². The quantitative estimate of drug-likeness (QED) is 0.389. The van der Waals surface area contributed by atoms with Crippen LogP contribution in [0.15, 0.2) is 67.4 Å². The Kier molecular flexibility index (Phi) is 5.59. The minimum Gasteiger partial charge on any atom is -0.365 e. The summed E-state index contributed by atoms with van der Waals surface area (Å²) in [6, 6.07) is 11.6. The number of fused-ring (bicyclic) bond motifs is 1. The van der Waals surface area contributed by atoms with Crippen molar-refractivity contribution in [2.24, 2.45) is 0 Å². The largest absolute Gasteiger partial charge is 0.365 e. The Morgan fingerprint density at radius 3 is 2.59 bits per heavy atom. The number of nitrogens with one attached hydrogen (secondary N) is 3. The first-order valence-corrected chi connectivity index (χ1v) is 11.1. The van der Waals surface area contributed by atoms with Gasteiger partial charge in [0.25, 0.3) is 5.91 Å². The Labute approximate surface area is 197 Å². The number of aromatic amines is 1. The number of H-pyrrole nitrogens is 1. The topological polar surface area (TPSA) is 102 Å². The van der Waals surface area contributed by atoms with Crippen LogP contribution < -0.4 is 15.5 Å². The number of carbonyl (C=O) groups excluding carboxylic acids is 1. The normalized spacial score (nSPS) is 12.8. The third-order valence-corrected chi connectivity index (χ3v) is 5.86. The van der Waals surface area contributed by atoms with E-state index in [1.807, 2.05) is 55.4 Å². The number of benzene rings is 1. The maximum Gasteiger partial charge on any atom is 0.276 e. The lowest BCUT2D eigenvalue weighted by atomic mass is 10.0. The van der Waals surface area contributed by atoms with Crippen molar-refractivity contribution in [3.8, 4) is 11.1 Å². The fraction of sp³-hybridized carbons (Fsp3) is 0.200. The van der Waals surface area contributed by atoms with E-state index >= 15 is 0 Å². The van der Waals surface area contributed by atoms with Gasteiger partial charge in [-0.05, 0) is 42.3 Å². The van der Waals surface area contributed by atoms with Crippen LogP contribution in [0.4, 0.5) is 17.2 Å². The molecule has 0 bridgehead atoms. The third kappa shape index (κ3) is 4.27. The Hall–Kier alpha value is -4.40. The molecule has 1 saturated heterocycles. The van der Waals surface area contributed by atoms with E-state index in [9.17, 15) is 4.79 Å².